The molecule has 0 aliphatic rings. The Labute approximate surface area is 92.3 Å². The number of carbonyl (C=O) groups is 1. The summed E-state index contributed by atoms with van der Waals surface area (Å²) in [6, 6.07) is 5.15. The Bertz CT molecular complexity index is 546. The molecule has 0 atom stereocenters. The summed E-state index contributed by atoms with van der Waals surface area (Å²) in [5.74, 6) is -0.978. The van der Waals surface area contributed by atoms with Crippen LogP contribution in [0.25, 0.3) is 5.69 Å². The third kappa shape index (κ3) is 1.79. The molecule has 0 unspecified atom stereocenters. The maximum atomic E-state index is 11.1. The van der Waals surface area contributed by atoms with Crippen molar-refractivity contribution in [3.63, 3.8) is 0 Å². The van der Waals surface area contributed by atoms with Gasteiger partial charge in [-0.3, -0.25) is 0 Å². The van der Waals surface area contributed by atoms with E-state index in [-0.39, 0.29) is 5.56 Å². The molecule has 0 spiro atoms. The van der Waals surface area contributed by atoms with Crippen molar-refractivity contribution < 1.29 is 9.90 Å². The summed E-state index contributed by atoms with van der Waals surface area (Å²) in [7, 11) is 0. The Morgan fingerprint density at radius 1 is 1.38 bits per heavy atom. The lowest BCUT2D eigenvalue weighted by Crippen LogP contribution is -2.08. The van der Waals surface area contributed by atoms with Crippen LogP contribution >= 0.6 is 0 Å². The van der Waals surface area contributed by atoms with Gasteiger partial charge in [-0.15, -0.1) is 0 Å². The van der Waals surface area contributed by atoms with Gasteiger partial charge >= 0.3 is 5.97 Å². The lowest BCUT2D eigenvalue weighted by atomic mass is 10.1. The van der Waals surface area contributed by atoms with Crippen LogP contribution in [-0.4, -0.2) is 26.1 Å². The van der Waals surface area contributed by atoms with Crippen molar-refractivity contribution >= 4 is 5.97 Å². The average molecular weight is 217 g/mol. The van der Waals surface area contributed by atoms with Gasteiger partial charge in [0.25, 0.3) is 0 Å². The number of rotatable bonds is 2. The minimum absolute atomic E-state index is 0.204. The molecular formula is C11H11N3O2. The molecule has 0 aliphatic carbocycles. The molecule has 82 valence electrons. The number of hydrogen-bond acceptors (Lipinski definition) is 3. The molecule has 0 bridgehead atoms. The van der Waals surface area contributed by atoms with Gasteiger partial charge in [-0.2, -0.15) is 15.0 Å². The van der Waals surface area contributed by atoms with Crippen LogP contribution in [0.1, 0.15) is 21.6 Å². The van der Waals surface area contributed by atoms with Crippen molar-refractivity contribution in [3.8, 4) is 5.69 Å². The molecule has 2 aromatic rings. The quantitative estimate of drug-likeness (QED) is 0.829. The predicted octanol–water partition coefficient (Wildman–Crippen LogP) is 1.58. The Morgan fingerprint density at radius 2 is 2.12 bits per heavy atom. The van der Waals surface area contributed by atoms with Gasteiger partial charge in [-0.25, -0.2) is 4.79 Å². The molecule has 16 heavy (non-hydrogen) atoms. The highest BCUT2D eigenvalue weighted by atomic mass is 16.4. The summed E-state index contributed by atoms with van der Waals surface area (Å²) in [5, 5.41) is 17.2. The first-order chi connectivity index (χ1) is 7.58. The van der Waals surface area contributed by atoms with Crippen LogP contribution in [-0.2, 0) is 0 Å². The van der Waals surface area contributed by atoms with Crippen molar-refractivity contribution in [2.45, 2.75) is 13.8 Å². The van der Waals surface area contributed by atoms with Crippen LogP contribution in [0.5, 0.6) is 0 Å². The summed E-state index contributed by atoms with van der Waals surface area (Å²) in [6.45, 7) is 3.65. The van der Waals surface area contributed by atoms with Crippen molar-refractivity contribution in [1.29, 1.82) is 0 Å². The minimum Gasteiger partial charge on any atom is -0.478 e. The predicted molar refractivity (Wildman–Crippen MR) is 57.8 cm³/mol. The molecule has 1 N–H and O–H groups in total. The smallest absolute Gasteiger partial charge is 0.337 e. The van der Waals surface area contributed by atoms with E-state index in [2.05, 4.69) is 10.2 Å². The zero-order valence-corrected chi connectivity index (χ0v) is 9.01. The van der Waals surface area contributed by atoms with Crippen LogP contribution in [0.2, 0.25) is 0 Å². The Balaban J connectivity index is 2.60. The number of aryl methyl sites for hydroxylation is 2. The Kier molecular flexibility index (Phi) is 2.44. The number of carboxylic acids is 1. The highest BCUT2D eigenvalue weighted by Crippen LogP contribution is 2.15. The second kappa shape index (κ2) is 3.77. The first kappa shape index (κ1) is 10.4. The zero-order valence-electron chi connectivity index (χ0n) is 9.01. The Hall–Kier alpha value is -2.17. The molecular weight excluding hydrogens is 206 g/mol. The fourth-order valence-corrected chi connectivity index (χ4v) is 1.45. The van der Waals surface area contributed by atoms with Crippen LogP contribution < -0.4 is 0 Å². The van der Waals surface area contributed by atoms with Crippen LogP contribution in [0.4, 0.5) is 0 Å². The SMILES string of the molecule is Cc1ccc(-n2ncc(C)n2)c(C(=O)O)c1. The van der Waals surface area contributed by atoms with E-state index in [0.29, 0.717) is 5.69 Å². The summed E-state index contributed by atoms with van der Waals surface area (Å²) in [5.41, 5.74) is 2.32. The van der Waals surface area contributed by atoms with Gasteiger partial charge < -0.3 is 5.11 Å². The van der Waals surface area contributed by atoms with Gasteiger partial charge in [0, 0.05) is 0 Å². The first-order valence-corrected chi connectivity index (χ1v) is 4.81. The van der Waals surface area contributed by atoms with Crippen molar-refractivity contribution in [3.05, 3.63) is 41.2 Å². The second-order valence-corrected chi connectivity index (χ2v) is 3.60. The molecule has 0 fully saturated rings. The number of nitrogens with zero attached hydrogens (tertiary/aromatic N) is 3. The maximum absolute atomic E-state index is 11.1. The van der Waals surface area contributed by atoms with E-state index in [1.165, 1.54) is 4.80 Å². The minimum atomic E-state index is -0.978. The average Bonchev–Trinajstić information content (AvgIpc) is 2.64. The molecule has 0 amide bonds. The molecule has 0 radical (unpaired) electrons. The van der Waals surface area contributed by atoms with E-state index in [1.807, 2.05) is 13.0 Å². The van der Waals surface area contributed by atoms with Crippen molar-refractivity contribution in [1.82, 2.24) is 15.0 Å². The van der Waals surface area contributed by atoms with Crippen molar-refractivity contribution in [2.75, 3.05) is 0 Å². The second-order valence-electron chi connectivity index (χ2n) is 3.60. The molecule has 5 nitrogen and oxygen atoms in total. The topological polar surface area (TPSA) is 68.0 Å². The lowest BCUT2D eigenvalue weighted by Gasteiger charge is -2.05. The van der Waals surface area contributed by atoms with Gasteiger partial charge in [-0.1, -0.05) is 11.6 Å². The van der Waals surface area contributed by atoms with Gasteiger partial charge in [0.15, 0.2) is 0 Å². The van der Waals surface area contributed by atoms with Crippen LogP contribution in [0.3, 0.4) is 0 Å². The summed E-state index contributed by atoms with van der Waals surface area (Å²) in [4.78, 5) is 12.4. The molecule has 0 saturated carbocycles. The molecule has 2 rings (SSSR count). The normalized spacial score (nSPS) is 10.4. The highest BCUT2D eigenvalue weighted by Gasteiger charge is 2.13. The zero-order chi connectivity index (χ0) is 11.7. The number of benzene rings is 1. The van der Waals surface area contributed by atoms with Crippen LogP contribution in [0.15, 0.2) is 24.4 Å². The maximum Gasteiger partial charge on any atom is 0.337 e. The fraction of sp³-hybridized carbons (Fsp3) is 0.182. The summed E-state index contributed by atoms with van der Waals surface area (Å²) >= 11 is 0. The third-order valence-corrected chi connectivity index (χ3v) is 2.20. The number of hydrogen-bond donors (Lipinski definition) is 1. The fourth-order valence-electron chi connectivity index (χ4n) is 1.45. The standard InChI is InChI=1S/C11H11N3O2/c1-7-3-4-10(9(5-7)11(15)16)14-12-6-8(2)13-14/h3-6H,1-2H3,(H,15,16). The summed E-state index contributed by atoms with van der Waals surface area (Å²) < 4.78 is 0. The molecule has 1 heterocycles. The Morgan fingerprint density at radius 3 is 2.69 bits per heavy atom. The molecule has 1 aromatic heterocycles. The van der Waals surface area contributed by atoms with E-state index in [0.717, 1.165) is 11.3 Å². The van der Waals surface area contributed by atoms with E-state index >= 15 is 0 Å². The molecule has 1 aromatic carbocycles. The summed E-state index contributed by atoms with van der Waals surface area (Å²) in [6.07, 6.45) is 1.59. The first-order valence-electron chi connectivity index (χ1n) is 4.81. The van der Waals surface area contributed by atoms with Crippen molar-refractivity contribution in [2.24, 2.45) is 0 Å². The van der Waals surface area contributed by atoms with Gasteiger partial charge in [0.2, 0.25) is 0 Å². The molecule has 0 saturated heterocycles. The van der Waals surface area contributed by atoms with E-state index < -0.39 is 5.97 Å². The van der Waals surface area contributed by atoms with E-state index in [9.17, 15) is 4.79 Å². The number of aromatic carboxylic acids is 1. The van der Waals surface area contributed by atoms with E-state index in [4.69, 9.17) is 5.11 Å². The number of carboxylic acid groups (broad SMARTS) is 1. The van der Waals surface area contributed by atoms with Crippen LogP contribution in [0, 0.1) is 13.8 Å². The largest absolute Gasteiger partial charge is 0.478 e. The van der Waals surface area contributed by atoms with Gasteiger partial charge in [-0.05, 0) is 26.0 Å². The molecule has 5 heteroatoms. The third-order valence-electron chi connectivity index (χ3n) is 2.20. The molecule has 0 aliphatic heterocycles. The number of aromatic nitrogens is 3. The lowest BCUT2D eigenvalue weighted by molar-refractivity contribution is 0.0696. The monoisotopic (exact) mass is 217 g/mol. The van der Waals surface area contributed by atoms with E-state index in [1.54, 1.807) is 25.3 Å². The van der Waals surface area contributed by atoms with Gasteiger partial charge in [0.05, 0.1) is 17.5 Å². The van der Waals surface area contributed by atoms with Gasteiger partial charge in [0.1, 0.15) is 5.69 Å². The highest BCUT2D eigenvalue weighted by molar-refractivity contribution is 5.92.